The van der Waals surface area contributed by atoms with Gasteiger partial charge in [0.1, 0.15) is 0 Å². The summed E-state index contributed by atoms with van der Waals surface area (Å²) >= 11 is 0. The van der Waals surface area contributed by atoms with Gasteiger partial charge >= 0.3 is 0 Å². The van der Waals surface area contributed by atoms with Crippen LogP contribution in [0.4, 0.5) is 0 Å². The zero-order valence-corrected chi connectivity index (χ0v) is 4.71. The van der Waals surface area contributed by atoms with Gasteiger partial charge in [-0.2, -0.15) is 0 Å². The lowest BCUT2D eigenvalue weighted by Crippen LogP contribution is -2.36. The molecule has 0 bridgehead atoms. The zero-order valence-electron chi connectivity index (χ0n) is 4.71. The van der Waals surface area contributed by atoms with E-state index in [-0.39, 0.29) is 6.10 Å². The lowest BCUT2D eigenvalue weighted by Gasteiger charge is -2.28. The largest absolute Gasteiger partial charge is 0.386 e. The predicted octanol–water partition coefficient (Wildman–Crippen LogP) is 0.322. The van der Waals surface area contributed by atoms with Crippen LogP contribution in [0.5, 0.6) is 0 Å². The standard InChI is InChI=1S/C6H10O2/c1-2-5(7)6-3-4-8-6/h2,5-7H,1,3-4H2. The summed E-state index contributed by atoms with van der Waals surface area (Å²) in [4.78, 5) is 0. The van der Waals surface area contributed by atoms with Crippen LogP contribution in [0.3, 0.4) is 0 Å². The fourth-order valence-electron chi connectivity index (χ4n) is 0.675. The van der Waals surface area contributed by atoms with Crippen molar-refractivity contribution in [2.45, 2.75) is 18.6 Å². The quantitative estimate of drug-likeness (QED) is 0.524. The van der Waals surface area contributed by atoms with E-state index in [1.807, 2.05) is 0 Å². The monoisotopic (exact) mass is 114 g/mol. The molecule has 2 unspecified atom stereocenters. The summed E-state index contributed by atoms with van der Waals surface area (Å²) < 4.78 is 4.96. The Morgan fingerprint density at radius 1 is 1.88 bits per heavy atom. The Morgan fingerprint density at radius 2 is 2.50 bits per heavy atom. The van der Waals surface area contributed by atoms with Gasteiger partial charge in [0, 0.05) is 6.61 Å². The molecule has 0 saturated carbocycles. The highest BCUT2D eigenvalue weighted by molar-refractivity contribution is 4.88. The van der Waals surface area contributed by atoms with Gasteiger partial charge in [-0.25, -0.2) is 0 Å². The first kappa shape index (κ1) is 5.79. The second-order valence-electron chi connectivity index (χ2n) is 1.92. The second-order valence-corrected chi connectivity index (χ2v) is 1.92. The topological polar surface area (TPSA) is 29.5 Å². The molecule has 1 rings (SSSR count). The number of ether oxygens (including phenoxy) is 1. The molecule has 1 N–H and O–H groups in total. The molecule has 1 heterocycles. The Morgan fingerprint density at radius 3 is 2.62 bits per heavy atom. The maximum atomic E-state index is 8.93. The average Bonchev–Trinajstić information content (AvgIpc) is 1.62. The van der Waals surface area contributed by atoms with Crippen molar-refractivity contribution < 1.29 is 9.84 Å². The summed E-state index contributed by atoms with van der Waals surface area (Å²) in [5.74, 6) is 0. The van der Waals surface area contributed by atoms with E-state index in [0.29, 0.717) is 0 Å². The number of aliphatic hydroxyl groups excluding tert-OH is 1. The van der Waals surface area contributed by atoms with Gasteiger partial charge in [0.15, 0.2) is 0 Å². The van der Waals surface area contributed by atoms with E-state index in [0.717, 1.165) is 13.0 Å². The number of hydrogen-bond acceptors (Lipinski definition) is 2. The summed E-state index contributed by atoms with van der Waals surface area (Å²) in [5, 5.41) is 8.93. The summed E-state index contributed by atoms with van der Waals surface area (Å²) in [5.41, 5.74) is 0. The van der Waals surface area contributed by atoms with E-state index < -0.39 is 6.10 Å². The lowest BCUT2D eigenvalue weighted by atomic mass is 10.1. The van der Waals surface area contributed by atoms with Crippen molar-refractivity contribution in [3.05, 3.63) is 12.7 Å². The second kappa shape index (κ2) is 2.29. The third-order valence-corrected chi connectivity index (χ3v) is 1.36. The zero-order chi connectivity index (χ0) is 5.98. The van der Waals surface area contributed by atoms with Crippen LogP contribution in [0, 0.1) is 0 Å². The SMILES string of the molecule is C=CC(O)C1CCO1. The Kier molecular flexibility index (Phi) is 1.65. The molecule has 2 heteroatoms. The summed E-state index contributed by atoms with van der Waals surface area (Å²) in [6.07, 6.45) is 2.05. The fourth-order valence-corrected chi connectivity index (χ4v) is 0.675. The van der Waals surface area contributed by atoms with Crippen LogP contribution in [0.1, 0.15) is 6.42 Å². The maximum absolute atomic E-state index is 8.93. The molecule has 2 atom stereocenters. The van der Waals surface area contributed by atoms with Gasteiger partial charge in [0.25, 0.3) is 0 Å². The summed E-state index contributed by atoms with van der Waals surface area (Å²) in [7, 11) is 0. The lowest BCUT2D eigenvalue weighted by molar-refractivity contribution is -0.101. The van der Waals surface area contributed by atoms with Crippen molar-refractivity contribution in [2.24, 2.45) is 0 Å². The van der Waals surface area contributed by atoms with Gasteiger partial charge in [0.05, 0.1) is 12.2 Å². The Hall–Kier alpha value is -0.340. The molecule has 0 aliphatic carbocycles. The van der Waals surface area contributed by atoms with Gasteiger partial charge in [-0.3, -0.25) is 0 Å². The molecule has 8 heavy (non-hydrogen) atoms. The smallest absolute Gasteiger partial charge is 0.0980 e. The molecule has 0 aromatic rings. The normalized spacial score (nSPS) is 30.9. The Balaban J connectivity index is 2.22. The van der Waals surface area contributed by atoms with Crippen molar-refractivity contribution in [1.29, 1.82) is 0 Å². The first-order chi connectivity index (χ1) is 3.84. The van der Waals surface area contributed by atoms with Crippen molar-refractivity contribution in [3.8, 4) is 0 Å². The number of hydrogen-bond donors (Lipinski definition) is 1. The van der Waals surface area contributed by atoms with Crippen molar-refractivity contribution >= 4 is 0 Å². The fraction of sp³-hybridized carbons (Fsp3) is 0.667. The molecular weight excluding hydrogens is 104 g/mol. The highest BCUT2D eigenvalue weighted by atomic mass is 16.5. The molecule has 0 aromatic heterocycles. The van der Waals surface area contributed by atoms with Gasteiger partial charge in [-0.1, -0.05) is 6.08 Å². The molecule has 1 aliphatic heterocycles. The summed E-state index contributed by atoms with van der Waals surface area (Å²) in [6.45, 7) is 4.22. The van der Waals surface area contributed by atoms with E-state index >= 15 is 0 Å². The van der Waals surface area contributed by atoms with Crippen LogP contribution in [0.2, 0.25) is 0 Å². The number of rotatable bonds is 2. The molecule has 0 spiro atoms. The van der Waals surface area contributed by atoms with E-state index in [1.54, 1.807) is 0 Å². The molecule has 46 valence electrons. The Labute approximate surface area is 48.8 Å². The van der Waals surface area contributed by atoms with E-state index in [1.165, 1.54) is 6.08 Å². The number of aliphatic hydroxyl groups is 1. The average molecular weight is 114 g/mol. The van der Waals surface area contributed by atoms with Crippen LogP contribution in [-0.4, -0.2) is 23.9 Å². The van der Waals surface area contributed by atoms with Gasteiger partial charge in [0.2, 0.25) is 0 Å². The maximum Gasteiger partial charge on any atom is 0.0980 e. The molecule has 0 radical (unpaired) electrons. The highest BCUT2D eigenvalue weighted by Crippen LogP contribution is 2.14. The molecular formula is C6H10O2. The minimum Gasteiger partial charge on any atom is -0.386 e. The van der Waals surface area contributed by atoms with Crippen molar-refractivity contribution in [3.63, 3.8) is 0 Å². The minimum atomic E-state index is -0.455. The Bertz CT molecular complexity index is 86.5. The van der Waals surface area contributed by atoms with Crippen molar-refractivity contribution in [1.82, 2.24) is 0 Å². The van der Waals surface area contributed by atoms with Crippen LogP contribution < -0.4 is 0 Å². The first-order valence-corrected chi connectivity index (χ1v) is 2.77. The van der Waals surface area contributed by atoms with Gasteiger partial charge < -0.3 is 9.84 Å². The van der Waals surface area contributed by atoms with Crippen LogP contribution in [0.15, 0.2) is 12.7 Å². The van der Waals surface area contributed by atoms with E-state index in [9.17, 15) is 0 Å². The predicted molar refractivity (Wildman–Crippen MR) is 30.6 cm³/mol. The minimum absolute atomic E-state index is 0.0347. The van der Waals surface area contributed by atoms with Gasteiger partial charge in [-0.05, 0) is 6.42 Å². The third kappa shape index (κ3) is 0.904. The molecule has 2 nitrogen and oxygen atoms in total. The summed E-state index contributed by atoms with van der Waals surface area (Å²) in [6, 6.07) is 0. The molecule has 1 aliphatic rings. The van der Waals surface area contributed by atoms with Crippen molar-refractivity contribution in [2.75, 3.05) is 6.61 Å². The third-order valence-electron chi connectivity index (χ3n) is 1.36. The van der Waals surface area contributed by atoms with Crippen LogP contribution in [-0.2, 0) is 4.74 Å². The molecule has 0 amide bonds. The first-order valence-electron chi connectivity index (χ1n) is 2.77. The highest BCUT2D eigenvalue weighted by Gasteiger charge is 2.23. The van der Waals surface area contributed by atoms with E-state index in [2.05, 4.69) is 6.58 Å². The molecule has 1 saturated heterocycles. The van der Waals surface area contributed by atoms with E-state index in [4.69, 9.17) is 9.84 Å². The van der Waals surface area contributed by atoms with Crippen LogP contribution in [0.25, 0.3) is 0 Å². The van der Waals surface area contributed by atoms with Gasteiger partial charge in [-0.15, -0.1) is 6.58 Å². The molecule has 1 fully saturated rings. The molecule has 0 aromatic carbocycles. The van der Waals surface area contributed by atoms with Crippen LogP contribution >= 0.6 is 0 Å².